The van der Waals surface area contributed by atoms with Crippen LogP contribution in [0.1, 0.15) is 23.2 Å². The molecule has 0 spiro atoms. The van der Waals surface area contributed by atoms with Gasteiger partial charge in [0.1, 0.15) is 0 Å². The summed E-state index contributed by atoms with van der Waals surface area (Å²) in [6.07, 6.45) is -1.67. The van der Waals surface area contributed by atoms with Gasteiger partial charge in [-0.1, -0.05) is 0 Å². The lowest BCUT2D eigenvalue weighted by Gasteiger charge is -2.07. The fourth-order valence-corrected chi connectivity index (χ4v) is 1.14. The third kappa shape index (κ3) is 1.80. The molecule has 0 aliphatic heterocycles. The molecule has 14 heavy (non-hydrogen) atoms. The smallest absolute Gasteiger partial charge is 0.278 e. The van der Waals surface area contributed by atoms with E-state index in [1.807, 2.05) is 0 Å². The molecule has 1 rings (SSSR count). The molecule has 4 N–H and O–H groups in total. The van der Waals surface area contributed by atoms with Crippen LogP contribution in [0.4, 0.5) is 8.78 Å². The fraction of sp³-hybridized carbons (Fsp3) is 0.375. The minimum absolute atomic E-state index is 0.0498. The van der Waals surface area contributed by atoms with Gasteiger partial charge in [0.15, 0.2) is 5.43 Å². The molecule has 0 fully saturated rings. The van der Waals surface area contributed by atoms with Gasteiger partial charge < -0.3 is 15.8 Å². The highest BCUT2D eigenvalue weighted by molar-refractivity contribution is 5.25. The molecule has 1 aromatic rings. The minimum atomic E-state index is -2.81. The fourth-order valence-electron chi connectivity index (χ4n) is 1.14. The molecule has 78 valence electrons. The first kappa shape index (κ1) is 10.8. The predicted molar refractivity (Wildman–Crippen MR) is 45.8 cm³/mol. The number of nitrogens with two attached hydrogens (primary N) is 1. The maximum absolute atomic E-state index is 12.3. The van der Waals surface area contributed by atoms with Crippen LogP contribution >= 0.6 is 0 Å². The molecule has 0 aliphatic carbocycles. The molecule has 1 heterocycles. The van der Waals surface area contributed by atoms with Gasteiger partial charge in [0.05, 0.1) is 17.9 Å². The van der Waals surface area contributed by atoms with Gasteiger partial charge in [0.2, 0.25) is 0 Å². The van der Waals surface area contributed by atoms with E-state index in [9.17, 15) is 13.6 Å². The number of aliphatic hydroxyl groups is 1. The van der Waals surface area contributed by atoms with Crippen molar-refractivity contribution in [3.8, 4) is 0 Å². The van der Waals surface area contributed by atoms with Crippen LogP contribution in [0.3, 0.4) is 0 Å². The molecule has 0 unspecified atom stereocenters. The van der Waals surface area contributed by atoms with Crippen molar-refractivity contribution in [3.63, 3.8) is 0 Å². The van der Waals surface area contributed by atoms with E-state index in [1.54, 1.807) is 0 Å². The third-order valence-electron chi connectivity index (χ3n) is 1.89. The Balaban J connectivity index is 3.36. The van der Waals surface area contributed by atoms with E-state index in [0.717, 1.165) is 6.20 Å². The number of hydrogen-bond donors (Lipinski definition) is 3. The molecule has 0 saturated carbocycles. The molecule has 0 amide bonds. The molecule has 0 bridgehead atoms. The maximum atomic E-state index is 12.3. The standard InChI is InChI=1S/C8H10F2N2O2/c9-8(10)6-5(3-13)7(14)4(1-11)2-12-6/h2,8,13H,1,3,11H2,(H,12,14). The average molecular weight is 204 g/mol. The average Bonchev–Trinajstić information content (AvgIpc) is 2.17. The Hall–Kier alpha value is -1.27. The Bertz CT molecular complexity index is 376. The largest absolute Gasteiger partial charge is 0.391 e. The molecule has 4 nitrogen and oxygen atoms in total. The van der Waals surface area contributed by atoms with Gasteiger partial charge in [0, 0.05) is 18.3 Å². The highest BCUT2D eigenvalue weighted by Crippen LogP contribution is 2.18. The number of H-pyrrole nitrogens is 1. The van der Waals surface area contributed by atoms with E-state index in [0.29, 0.717) is 0 Å². The summed E-state index contributed by atoms with van der Waals surface area (Å²) < 4.78 is 24.6. The summed E-state index contributed by atoms with van der Waals surface area (Å²) in [4.78, 5) is 13.6. The molecule has 0 radical (unpaired) electrons. The number of alkyl halides is 2. The number of rotatable bonds is 3. The number of halogens is 2. The van der Waals surface area contributed by atoms with E-state index in [-0.39, 0.29) is 17.7 Å². The number of aromatic nitrogens is 1. The summed E-state index contributed by atoms with van der Waals surface area (Å²) in [5.74, 6) is 0. The summed E-state index contributed by atoms with van der Waals surface area (Å²) in [7, 11) is 0. The maximum Gasteiger partial charge on any atom is 0.278 e. The Labute approximate surface area is 78.4 Å². The highest BCUT2D eigenvalue weighted by Gasteiger charge is 2.17. The second kappa shape index (κ2) is 4.30. The molecule has 6 heteroatoms. The third-order valence-corrected chi connectivity index (χ3v) is 1.89. The molecular formula is C8H10F2N2O2. The first-order valence-corrected chi connectivity index (χ1v) is 3.94. The summed E-state index contributed by atoms with van der Waals surface area (Å²) in [5, 5.41) is 8.77. The molecule has 1 aromatic heterocycles. The van der Waals surface area contributed by atoms with Crippen LogP contribution in [0.15, 0.2) is 11.0 Å². The van der Waals surface area contributed by atoms with Gasteiger partial charge in [-0.15, -0.1) is 0 Å². The summed E-state index contributed by atoms with van der Waals surface area (Å²) in [6.45, 7) is -0.769. The predicted octanol–water partition coefficient (Wildman–Crippen LogP) is 0.264. The van der Waals surface area contributed by atoms with Crippen molar-refractivity contribution < 1.29 is 13.9 Å². The van der Waals surface area contributed by atoms with Gasteiger partial charge in [0.25, 0.3) is 6.43 Å². The summed E-state index contributed by atoms with van der Waals surface area (Å²) >= 11 is 0. The molecule has 0 saturated heterocycles. The Kier molecular flexibility index (Phi) is 3.32. The van der Waals surface area contributed by atoms with Crippen LogP contribution < -0.4 is 11.2 Å². The van der Waals surface area contributed by atoms with E-state index in [1.165, 1.54) is 0 Å². The van der Waals surface area contributed by atoms with Crippen LogP contribution in [-0.2, 0) is 13.2 Å². The topological polar surface area (TPSA) is 79.1 Å². The number of aromatic amines is 1. The first-order valence-electron chi connectivity index (χ1n) is 3.94. The Morgan fingerprint density at radius 3 is 2.64 bits per heavy atom. The van der Waals surface area contributed by atoms with Crippen LogP contribution in [0, 0.1) is 0 Å². The monoisotopic (exact) mass is 204 g/mol. The lowest BCUT2D eigenvalue weighted by Crippen LogP contribution is -2.21. The zero-order valence-electron chi connectivity index (χ0n) is 7.26. The zero-order chi connectivity index (χ0) is 10.7. The van der Waals surface area contributed by atoms with Crippen LogP contribution in [0.2, 0.25) is 0 Å². The molecular weight excluding hydrogens is 194 g/mol. The van der Waals surface area contributed by atoms with Crippen molar-refractivity contribution in [2.75, 3.05) is 0 Å². The van der Waals surface area contributed by atoms with Crippen molar-refractivity contribution in [1.29, 1.82) is 0 Å². The summed E-state index contributed by atoms with van der Waals surface area (Å²) in [5.41, 5.74) is 3.91. The lowest BCUT2D eigenvalue weighted by atomic mass is 10.1. The lowest BCUT2D eigenvalue weighted by molar-refractivity contribution is 0.141. The first-order chi connectivity index (χ1) is 6.61. The van der Waals surface area contributed by atoms with Crippen molar-refractivity contribution in [1.82, 2.24) is 4.98 Å². The van der Waals surface area contributed by atoms with E-state index in [2.05, 4.69) is 4.98 Å². The second-order valence-electron chi connectivity index (χ2n) is 2.70. The van der Waals surface area contributed by atoms with Crippen LogP contribution in [0.25, 0.3) is 0 Å². The molecule has 0 aromatic carbocycles. The van der Waals surface area contributed by atoms with Crippen LogP contribution in [0.5, 0.6) is 0 Å². The van der Waals surface area contributed by atoms with Crippen molar-refractivity contribution in [2.45, 2.75) is 19.6 Å². The normalized spacial score (nSPS) is 10.9. The van der Waals surface area contributed by atoms with Crippen molar-refractivity contribution in [3.05, 3.63) is 33.2 Å². The Morgan fingerprint density at radius 2 is 2.21 bits per heavy atom. The van der Waals surface area contributed by atoms with Gasteiger partial charge in [-0.2, -0.15) is 0 Å². The van der Waals surface area contributed by atoms with Crippen molar-refractivity contribution in [2.24, 2.45) is 5.73 Å². The second-order valence-corrected chi connectivity index (χ2v) is 2.70. The number of hydrogen-bond acceptors (Lipinski definition) is 3. The van der Waals surface area contributed by atoms with Crippen LogP contribution in [-0.4, -0.2) is 10.1 Å². The number of aliphatic hydroxyl groups excluding tert-OH is 1. The van der Waals surface area contributed by atoms with E-state index < -0.39 is 24.2 Å². The van der Waals surface area contributed by atoms with Gasteiger partial charge in [-0.3, -0.25) is 4.79 Å². The highest BCUT2D eigenvalue weighted by atomic mass is 19.3. The van der Waals surface area contributed by atoms with Gasteiger partial charge in [-0.25, -0.2) is 8.78 Å². The summed E-state index contributed by atoms with van der Waals surface area (Å²) in [6, 6.07) is 0. The van der Waals surface area contributed by atoms with Gasteiger partial charge in [-0.05, 0) is 0 Å². The van der Waals surface area contributed by atoms with E-state index >= 15 is 0 Å². The molecule has 0 atom stereocenters. The van der Waals surface area contributed by atoms with Gasteiger partial charge >= 0.3 is 0 Å². The minimum Gasteiger partial charge on any atom is -0.391 e. The number of pyridine rings is 1. The molecule has 0 aliphatic rings. The number of nitrogens with one attached hydrogen (secondary N) is 1. The van der Waals surface area contributed by atoms with E-state index in [4.69, 9.17) is 10.8 Å². The Morgan fingerprint density at radius 1 is 1.57 bits per heavy atom. The zero-order valence-corrected chi connectivity index (χ0v) is 7.26. The SMILES string of the molecule is NCc1c[nH]c(C(F)F)c(CO)c1=O. The quantitative estimate of drug-likeness (QED) is 0.660. The van der Waals surface area contributed by atoms with Crippen molar-refractivity contribution >= 4 is 0 Å².